The van der Waals surface area contributed by atoms with Crippen molar-refractivity contribution in [3.63, 3.8) is 0 Å². The van der Waals surface area contributed by atoms with Gasteiger partial charge in [-0.25, -0.2) is 0 Å². The lowest BCUT2D eigenvalue weighted by Gasteiger charge is -2.45. The minimum Gasteiger partial charge on any atom is -0.493 e. The highest BCUT2D eigenvalue weighted by Gasteiger charge is 2.49. The van der Waals surface area contributed by atoms with E-state index < -0.39 is 17.8 Å². The molecule has 7 rings (SSSR count). The van der Waals surface area contributed by atoms with Crippen LogP contribution in [0.25, 0.3) is 0 Å². The molecule has 272 valence electrons. The van der Waals surface area contributed by atoms with Crippen LogP contribution < -0.4 is 28.7 Å². The number of ether oxygens (including phenoxy) is 4. The summed E-state index contributed by atoms with van der Waals surface area (Å²) in [6, 6.07) is 30.4. The zero-order valence-electron chi connectivity index (χ0n) is 30.5. The van der Waals surface area contributed by atoms with Crippen LogP contribution in [0.5, 0.6) is 23.0 Å². The van der Waals surface area contributed by atoms with Crippen LogP contribution in [0, 0.1) is 11.8 Å². The van der Waals surface area contributed by atoms with Crippen LogP contribution in [0.3, 0.4) is 0 Å². The van der Waals surface area contributed by atoms with Gasteiger partial charge < -0.3 is 38.5 Å². The Labute approximate surface area is 306 Å². The van der Waals surface area contributed by atoms with Gasteiger partial charge in [0.2, 0.25) is 11.8 Å². The lowest BCUT2D eigenvalue weighted by Crippen LogP contribution is -2.56. The van der Waals surface area contributed by atoms with Gasteiger partial charge >= 0.3 is 0 Å². The molecule has 2 heterocycles. The van der Waals surface area contributed by atoms with E-state index in [2.05, 4.69) is 34.1 Å². The Morgan fingerprint density at radius 3 is 1.54 bits per heavy atom. The molecule has 3 unspecified atom stereocenters. The topological polar surface area (TPSA) is 84.0 Å². The Bertz CT molecular complexity index is 1860. The Morgan fingerprint density at radius 1 is 0.538 bits per heavy atom. The summed E-state index contributed by atoms with van der Waals surface area (Å²) >= 11 is 0. The number of para-hydroxylation sites is 2. The van der Waals surface area contributed by atoms with Crippen molar-refractivity contribution in [2.24, 2.45) is 11.8 Å². The van der Waals surface area contributed by atoms with E-state index in [-0.39, 0.29) is 11.8 Å². The van der Waals surface area contributed by atoms with E-state index in [9.17, 15) is 4.79 Å². The van der Waals surface area contributed by atoms with Gasteiger partial charge in [-0.2, -0.15) is 0 Å². The molecule has 2 fully saturated rings. The zero-order valence-corrected chi connectivity index (χ0v) is 30.5. The lowest BCUT2D eigenvalue weighted by molar-refractivity contribution is -0.148. The molecule has 0 spiro atoms. The van der Waals surface area contributed by atoms with Crippen LogP contribution in [-0.4, -0.2) is 102 Å². The Kier molecular flexibility index (Phi) is 10.4. The fourth-order valence-electron chi connectivity index (χ4n) is 8.27. The largest absolute Gasteiger partial charge is 0.493 e. The predicted molar refractivity (Wildman–Crippen MR) is 202 cm³/mol. The molecule has 0 N–H and O–H groups in total. The summed E-state index contributed by atoms with van der Waals surface area (Å²) in [5.74, 6) is 0.636. The van der Waals surface area contributed by atoms with Gasteiger partial charge in [-0.3, -0.25) is 9.59 Å². The second kappa shape index (κ2) is 15.5. The highest BCUT2D eigenvalue weighted by molar-refractivity contribution is 5.90. The average Bonchev–Trinajstić information content (AvgIpc) is 3.22. The molecular weight excluding hydrogens is 656 g/mol. The smallest absolute Gasteiger partial charge is 0.227 e. The fraction of sp³-hybridized carbons (Fsp3) is 0.381. The van der Waals surface area contributed by atoms with E-state index in [0.29, 0.717) is 68.7 Å². The number of amides is 2. The van der Waals surface area contributed by atoms with Gasteiger partial charge in [0.05, 0.1) is 40.3 Å². The van der Waals surface area contributed by atoms with E-state index in [1.807, 2.05) is 76.5 Å². The number of carbonyl (C=O) groups excluding carboxylic acids is 2. The summed E-state index contributed by atoms with van der Waals surface area (Å²) in [5.41, 5.74) is 5.09. The van der Waals surface area contributed by atoms with E-state index in [0.717, 1.165) is 41.2 Å². The predicted octanol–water partition coefficient (Wildman–Crippen LogP) is 5.34. The van der Waals surface area contributed by atoms with Crippen molar-refractivity contribution >= 4 is 23.2 Å². The summed E-state index contributed by atoms with van der Waals surface area (Å²) in [6.07, 6.45) is 0.414. The van der Waals surface area contributed by atoms with Gasteiger partial charge in [0, 0.05) is 69.7 Å². The van der Waals surface area contributed by atoms with Crippen LogP contribution in [0.4, 0.5) is 11.4 Å². The van der Waals surface area contributed by atoms with Gasteiger partial charge in [0.25, 0.3) is 0 Å². The maximum Gasteiger partial charge on any atom is 0.227 e. The first-order valence-corrected chi connectivity index (χ1v) is 18.1. The molecule has 3 atom stereocenters. The number of rotatable bonds is 9. The summed E-state index contributed by atoms with van der Waals surface area (Å²) < 4.78 is 22.9. The lowest BCUT2D eigenvalue weighted by atomic mass is 9.65. The first kappa shape index (κ1) is 35.0. The van der Waals surface area contributed by atoms with Gasteiger partial charge in [0.1, 0.15) is 0 Å². The molecule has 2 amide bonds. The summed E-state index contributed by atoms with van der Waals surface area (Å²) in [5, 5.41) is 0. The van der Waals surface area contributed by atoms with Crippen LogP contribution in [0.1, 0.15) is 22.6 Å². The van der Waals surface area contributed by atoms with Gasteiger partial charge in [0.15, 0.2) is 23.0 Å². The minimum absolute atomic E-state index is 0.00537. The van der Waals surface area contributed by atoms with Crippen molar-refractivity contribution in [3.8, 4) is 23.0 Å². The number of fused-ring (bicyclic) bond motifs is 1. The van der Waals surface area contributed by atoms with E-state index in [1.165, 1.54) is 0 Å². The summed E-state index contributed by atoms with van der Waals surface area (Å²) in [7, 11) is 6.46. The molecular formula is C42H48N4O6. The average molecular weight is 705 g/mol. The molecule has 52 heavy (non-hydrogen) atoms. The van der Waals surface area contributed by atoms with E-state index in [4.69, 9.17) is 18.9 Å². The van der Waals surface area contributed by atoms with Crippen molar-refractivity contribution in [3.05, 3.63) is 108 Å². The van der Waals surface area contributed by atoms with Gasteiger partial charge in [-0.05, 0) is 71.6 Å². The van der Waals surface area contributed by atoms with Crippen molar-refractivity contribution < 1.29 is 28.5 Å². The summed E-state index contributed by atoms with van der Waals surface area (Å²) in [6.45, 7) is 5.18. The third kappa shape index (κ3) is 6.81. The van der Waals surface area contributed by atoms with E-state index >= 15 is 4.79 Å². The molecule has 0 bridgehead atoms. The van der Waals surface area contributed by atoms with Crippen molar-refractivity contribution in [1.29, 1.82) is 0 Å². The second-order valence-electron chi connectivity index (χ2n) is 13.6. The molecule has 0 radical (unpaired) electrons. The first-order valence-electron chi connectivity index (χ1n) is 18.1. The zero-order chi connectivity index (χ0) is 36.2. The first-order chi connectivity index (χ1) is 25.4. The number of hydrogen-bond acceptors (Lipinski definition) is 8. The van der Waals surface area contributed by atoms with Crippen LogP contribution in [0.15, 0.2) is 91.0 Å². The SMILES string of the molecule is COc1ccc(C2c3cc(OC)c(OC)cc3CC(C(=O)N3CCN(c4ccccc4)CC3)C2C(=O)N2CCN(c3ccccc3)CC2)cc1OC. The highest BCUT2D eigenvalue weighted by atomic mass is 16.5. The molecule has 10 heteroatoms. The second-order valence-corrected chi connectivity index (χ2v) is 13.6. The number of benzene rings is 4. The maximum absolute atomic E-state index is 15.2. The van der Waals surface area contributed by atoms with Gasteiger partial charge in [-0.15, -0.1) is 0 Å². The monoisotopic (exact) mass is 704 g/mol. The van der Waals surface area contributed by atoms with Crippen LogP contribution >= 0.6 is 0 Å². The third-order valence-electron chi connectivity index (χ3n) is 11.0. The molecule has 0 saturated carbocycles. The van der Waals surface area contributed by atoms with Crippen molar-refractivity contribution in [2.45, 2.75) is 12.3 Å². The van der Waals surface area contributed by atoms with Crippen molar-refractivity contribution in [1.82, 2.24) is 9.80 Å². The normalized spacial score (nSPS) is 20.2. The molecule has 0 aromatic heterocycles. The number of piperazine rings is 2. The number of carbonyl (C=O) groups is 2. The third-order valence-corrected chi connectivity index (χ3v) is 11.0. The van der Waals surface area contributed by atoms with Crippen LogP contribution in [-0.2, 0) is 16.0 Å². The molecule has 3 aliphatic rings. The molecule has 4 aromatic carbocycles. The maximum atomic E-state index is 15.2. The van der Waals surface area contributed by atoms with E-state index in [1.54, 1.807) is 28.4 Å². The highest BCUT2D eigenvalue weighted by Crippen LogP contribution is 2.49. The standard InChI is InChI=1S/C42H48N4O6/c1-49-35-16-15-29(26-36(35)50-2)39-33-28-38(52-4)37(51-3)27-30(33)25-34(41(47)45-21-17-43(18-22-45)31-11-7-5-8-12-31)40(39)42(48)46-23-19-44(20-24-46)32-13-9-6-10-14-32/h5-16,26-28,34,39-40H,17-25H2,1-4H3. The molecule has 2 saturated heterocycles. The quantitative estimate of drug-likeness (QED) is 0.231. The number of nitrogens with zero attached hydrogens (tertiary/aromatic N) is 4. The molecule has 10 nitrogen and oxygen atoms in total. The van der Waals surface area contributed by atoms with Crippen molar-refractivity contribution in [2.75, 3.05) is 90.6 Å². The van der Waals surface area contributed by atoms with Crippen LogP contribution in [0.2, 0.25) is 0 Å². The minimum atomic E-state index is -0.661. The Morgan fingerprint density at radius 2 is 1.02 bits per heavy atom. The molecule has 1 aliphatic carbocycles. The summed E-state index contributed by atoms with van der Waals surface area (Å²) in [4.78, 5) is 38.7. The number of anilines is 2. The van der Waals surface area contributed by atoms with Gasteiger partial charge in [-0.1, -0.05) is 42.5 Å². The number of methoxy groups -OCH3 is 4. The molecule has 4 aromatic rings. The number of hydrogen-bond donors (Lipinski definition) is 0. The fourth-order valence-corrected chi connectivity index (χ4v) is 8.27. The Balaban J connectivity index is 1.28. The Hall–Kier alpha value is -5.38. The molecule has 2 aliphatic heterocycles.